The Balaban J connectivity index is 1.72. The van der Waals surface area contributed by atoms with Gasteiger partial charge in [0.1, 0.15) is 5.82 Å². The third-order valence-corrected chi connectivity index (χ3v) is 5.15. The van der Waals surface area contributed by atoms with Crippen LogP contribution in [0.5, 0.6) is 0 Å². The smallest absolute Gasteiger partial charge is 0.208 e. The molecule has 8 nitrogen and oxygen atoms in total. The summed E-state index contributed by atoms with van der Waals surface area (Å²) in [4.78, 5) is 7.41. The molecule has 1 saturated carbocycles. The summed E-state index contributed by atoms with van der Waals surface area (Å²) < 4.78 is 27.7. The minimum absolute atomic E-state index is 0.0420. The van der Waals surface area contributed by atoms with Crippen LogP contribution in [0.3, 0.4) is 0 Å². The Morgan fingerprint density at radius 2 is 2.22 bits per heavy atom. The van der Waals surface area contributed by atoms with Gasteiger partial charge in [-0.15, -0.1) is 10.2 Å². The number of hydrogen-bond acceptors (Lipinski definition) is 5. The summed E-state index contributed by atoms with van der Waals surface area (Å²) in [6.07, 6.45) is 8.30. The molecule has 2 atom stereocenters. The molecule has 4 rings (SSSR count). The molecule has 2 N–H and O–H groups in total. The predicted octanol–water partition coefficient (Wildman–Crippen LogP) is 1.18. The van der Waals surface area contributed by atoms with Gasteiger partial charge >= 0.3 is 0 Å². The molecule has 122 valence electrons. The number of rotatable bonds is 3. The molecule has 0 spiro atoms. The molecule has 0 saturated heterocycles. The Kier molecular flexibility index (Phi) is 3.34. The van der Waals surface area contributed by atoms with Gasteiger partial charge in [-0.2, -0.15) is 0 Å². The van der Waals surface area contributed by atoms with E-state index in [1.807, 2.05) is 16.7 Å². The number of sulfonamides is 1. The molecule has 1 aliphatic carbocycles. The Morgan fingerprint density at radius 3 is 3.04 bits per heavy atom. The van der Waals surface area contributed by atoms with E-state index in [0.717, 1.165) is 42.7 Å². The van der Waals surface area contributed by atoms with Crippen molar-refractivity contribution in [3.8, 4) is 0 Å². The van der Waals surface area contributed by atoms with Gasteiger partial charge < -0.3 is 4.98 Å². The van der Waals surface area contributed by atoms with E-state index in [9.17, 15) is 8.42 Å². The molecule has 9 heteroatoms. The van der Waals surface area contributed by atoms with Crippen LogP contribution in [0.4, 0.5) is 0 Å². The number of H-pyrrole nitrogens is 1. The molecule has 1 aliphatic rings. The van der Waals surface area contributed by atoms with Crippen LogP contribution in [0, 0.1) is 0 Å². The topological polar surface area (TPSA) is 105 Å². The maximum atomic E-state index is 11.5. The Bertz CT molecular complexity index is 960. The lowest BCUT2D eigenvalue weighted by Gasteiger charge is -2.28. The average molecular weight is 334 g/mol. The zero-order valence-corrected chi connectivity index (χ0v) is 13.5. The maximum absolute atomic E-state index is 11.5. The van der Waals surface area contributed by atoms with Crippen LogP contribution >= 0.6 is 0 Å². The van der Waals surface area contributed by atoms with E-state index < -0.39 is 10.0 Å². The fourth-order valence-electron chi connectivity index (χ4n) is 3.50. The maximum Gasteiger partial charge on any atom is 0.208 e. The third kappa shape index (κ3) is 2.70. The monoisotopic (exact) mass is 334 g/mol. The number of nitrogens with zero attached hydrogens (tertiary/aromatic N) is 4. The molecule has 3 aromatic heterocycles. The van der Waals surface area contributed by atoms with Crippen molar-refractivity contribution in [3.63, 3.8) is 0 Å². The molecule has 3 aromatic rings. The molecule has 0 unspecified atom stereocenters. The number of aromatic nitrogens is 5. The van der Waals surface area contributed by atoms with Gasteiger partial charge in [-0.25, -0.2) is 18.1 Å². The van der Waals surface area contributed by atoms with Crippen molar-refractivity contribution >= 4 is 26.8 Å². The van der Waals surface area contributed by atoms with Crippen molar-refractivity contribution in [1.82, 2.24) is 29.3 Å². The molecular weight excluding hydrogens is 316 g/mol. The first kappa shape index (κ1) is 14.6. The highest BCUT2D eigenvalue weighted by Crippen LogP contribution is 2.33. The number of nitrogens with one attached hydrogen (secondary N) is 2. The lowest BCUT2D eigenvalue weighted by molar-refractivity contribution is 0.361. The Hall–Kier alpha value is -2.00. The third-order valence-electron chi connectivity index (χ3n) is 4.39. The fraction of sp³-hybridized carbons (Fsp3) is 0.500. The molecule has 0 aliphatic heterocycles. The van der Waals surface area contributed by atoms with Crippen LogP contribution in [0.1, 0.15) is 37.4 Å². The molecular formula is C14H18N6O2S. The first-order chi connectivity index (χ1) is 11.0. The molecule has 1 fully saturated rings. The van der Waals surface area contributed by atoms with E-state index in [2.05, 4.69) is 24.9 Å². The highest BCUT2D eigenvalue weighted by atomic mass is 32.2. The van der Waals surface area contributed by atoms with Crippen molar-refractivity contribution in [3.05, 3.63) is 24.3 Å². The standard InChI is InChI=1S/C14H18N6O2S/c1-23(21,22)19-10-4-2-3-9(7-10)14-18-17-12-8-16-13-11(20(12)14)5-6-15-13/h5-6,8-10,15,19H,2-4,7H2,1H3/t9-,10+/m0/s1. The number of aromatic amines is 1. The second-order valence-electron chi connectivity index (χ2n) is 6.17. The molecule has 3 heterocycles. The zero-order valence-electron chi connectivity index (χ0n) is 12.7. The predicted molar refractivity (Wildman–Crippen MR) is 85.6 cm³/mol. The van der Waals surface area contributed by atoms with E-state index >= 15 is 0 Å². The summed E-state index contributed by atoms with van der Waals surface area (Å²) in [5.74, 6) is 1.06. The SMILES string of the molecule is CS(=O)(=O)N[C@@H]1CCC[C@H](c2nnc3cnc4[nH]ccc4n23)C1. The van der Waals surface area contributed by atoms with Crippen molar-refractivity contribution in [2.75, 3.05) is 6.26 Å². The highest BCUT2D eigenvalue weighted by molar-refractivity contribution is 7.88. The quantitative estimate of drug-likeness (QED) is 0.748. The molecule has 0 amide bonds. The zero-order chi connectivity index (χ0) is 16.0. The van der Waals surface area contributed by atoms with Crippen LogP contribution in [0.15, 0.2) is 18.5 Å². The van der Waals surface area contributed by atoms with E-state index in [1.54, 1.807) is 6.20 Å². The van der Waals surface area contributed by atoms with Crippen molar-refractivity contribution in [2.24, 2.45) is 0 Å². The van der Waals surface area contributed by atoms with E-state index in [4.69, 9.17) is 0 Å². The van der Waals surface area contributed by atoms with Crippen molar-refractivity contribution in [2.45, 2.75) is 37.6 Å². The normalized spacial score (nSPS) is 22.8. The first-order valence-corrected chi connectivity index (χ1v) is 9.55. The second kappa shape index (κ2) is 5.27. The summed E-state index contributed by atoms with van der Waals surface area (Å²) >= 11 is 0. The molecule has 23 heavy (non-hydrogen) atoms. The van der Waals surface area contributed by atoms with Gasteiger partial charge in [0.05, 0.1) is 18.0 Å². The van der Waals surface area contributed by atoms with Crippen LogP contribution in [-0.4, -0.2) is 45.3 Å². The fourth-order valence-corrected chi connectivity index (χ4v) is 4.32. The number of fused-ring (bicyclic) bond motifs is 3. The molecule has 0 bridgehead atoms. The Labute approximate surface area is 133 Å². The van der Waals surface area contributed by atoms with E-state index in [-0.39, 0.29) is 12.0 Å². The van der Waals surface area contributed by atoms with Crippen LogP contribution in [-0.2, 0) is 10.0 Å². The summed E-state index contributed by atoms with van der Waals surface area (Å²) in [5.41, 5.74) is 2.45. The minimum atomic E-state index is -3.19. The van der Waals surface area contributed by atoms with Gasteiger partial charge in [0.25, 0.3) is 0 Å². The summed E-state index contributed by atoms with van der Waals surface area (Å²) in [6.45, 7) is 0. The van der Waals surface area contributed by atoms with Crippen LogP contribution in [0.25, 0.3) is 16.8 Å². The van der Waals surface area contributed by atoms with Gasteiger partial charge in [0, 0.05) is 18.2 Å². The van der Waals surface area contributed by atoms with Gasteiger partial charge in [0.2, 0.25) is 10.0 Å². The van der Waals surface area contributed by atoms with E-state index in [1.165, 1.54) is 6.26 Å². The lowest BCUT2D eigenvalue weighted by atomic mass is 9.85. The lowest BCUT2D eigenvalue weighted by Crippen LogP contribution is -2.37. The summed E-state index contributed by atoms with van der Waals surface area (Å²) in [5, 5.41) is 8.58. The summed E-state index contributed by atoms with van der Waals surface area (Å²) in [6, 6.07) is 1.91. The van der Waals surface area contributed by atoms with Gasteiger partial charge in [-0.3, -0.25) is 4.40 Å². The largest absolute Gasteiger partial charge is 0.345 e. The van der Waals surface area contributed by atoms with Gasteiger partial charge in [-0.1, -0.05) is 6.42 Å². The molecule has 0 radical (unpaired) electrons. The number of hydrogen-bond donors (Lipinski definition) is 2. The van der Waals surface area contributed by atoms with Crippen LogP contribution < -0.4 is 4.72 Å². The van der Waals surface area contributed by atoms with Gasteiger partial charge in [0.15, 0.2) is 11.3 Å². The second-order valence-corrected chi connectivity index (χ2v) is 7.95. The highest BCUT2D eigenvalue weighted by Gasteiger charge is 2.28. The molecule has 0 aromatic carbocycles. The van der Waals surface area contributed by atoms with Gasteiger partial charge in [-0.05, 0) is 25.3 Å². The van der Waals surface area contributed by atoms with E-state index in [0.29, 0.717) is 5.65 Å². The average Bonchev–Trinajstić information content (AvgIpc) is 3.11. The van der Waals surface area contributed by atoms with Crippen molar-refractivity contribution < 1.29 is 8.42 Å². The first-order valence-electron chi connectivity index (χ1n) is 7.66. The Morgan fingerprint density at radius 1 is 1.35 bits per heavy atom. The summed E-state index contributed by atoms with van der Waals surface area (Å²) in [7, 11) is -3.19. The van der Waals surface area contributed by atoms with Crippen molar-refractivity contribution in [1.29, 1.82) is 0 Å². The van der Waals surface area contributed by atoms with Crippen LogP contribution in [0.2, 0.25) is 0 Å². The minimum Gasteiger partial charge on any atom is -0.345 e.